The smallest absolute Gasteiger partial charge is 0.319 e. The topological polar surface area (TPSA) is 112 Å². The number of esters is 1. The third-order valence-electron chi connectivity index (χ3n) is 4.23. The van der Waals surface area contributed by atoms with E-state index in [0.717, 1.165) is 11.8 Å². The Morgan fingerprint density at radius 1 is 1.15 bits per heavy atom. The number of morpholine rings is 1. The normalized spacial score (nSPS) is 21.3. The van der Waals surface area contributed by atoms with E-state index in [0.29, 0.717) is 44.9 Å². The number of hydrogen-bond donors (Lipinski definition) is 0. The highest BCUT2D eigenvalue weighted by molar-refractivity contribution is 8.00. The van der Waals surface area contributed by atoms with Crippen LogP contribution in [0.15, 0.2) is 38.8 Å². The van der Waals surface area contributed by atoms with E-state index in [2.05, 4.69) is 10.2 Å². The van der Waals surface area contributed by atoms with Gasteiger partial charge in [-0.05, 0) is 30.0 Å². The number of rotatable bonds is 5. The molecule has 0 bridgehead atoms. The number of cyclic esters (lactones) is 1. The summed E-state index contributed by atoms with van der Waals surface area (Å²) in [6.07, 6.45) is 0.592. The number of nitrogens with zero attached hydrogens (tertiary/aromatic N) is 3. The lowest BCUT2D eigenvalue weighted by molar-refractivity contribution is -0.137. The monoisotopic (exact) mass is 411 g/mol. The van der Waals surface area contributed by atoms with Crippen LogP contribution >= 0.6 is 11.8 Å². The maximum absolute atomic E-state index is 12.8. The average molecular weight is 411 g/mol. The van der Waals surface area contributed by atoms with Crippen molar-refractivity contribution in [2.24, 2.45) is 0 Å². The second-order valence-corrected chi connectivity index (χ2v) is 9.07. The predicted molar refractivity (Wildman–Crippen MR) is 94.5 cm³/mol. The van der Waals surface area contributed by atoms with E-state index in [4.69, 9.17) is 13.9 Å². The third kappa shape index (κ3) is 3.86. The van der Waals surface area contributed by atoms with Gasteiger partial charge in [0.15, 0.2) is 0 Å². The number of carbonyl (C=O) groups is 1. The molecule has 2 aliphatic heterocycles. The molecule has 3 heterocycles. The molecular formula is C16H17N3O6S2. The number of sulfonamides is 1. The molecule has 1 aromatic heterocycles. The highest BCUT2D eigenvalue weighted by Crippen LogP contribution is 2.31. The Bertz CT molecular complexity index is 939. The second-order valence-electron chi connectivity index (χ2n) is 5.98. The minimum absolute atomic E-state index is 0.161. The molecule has 0 aliphatic carbocycles. The van der Waals surface area contributed by atoms with E-state index in [-0.39, 0.29) is 27.2 Å². The van der Waals surface area contributed by atoms with Crippen molar-refractivity contribution < 1.29 is 27.1 Å². The zero-order valence-electron chi connectivity index (χ0n) is 14.2. The van der Waals surface area contributed by atoms with Crippen molar-refractivity contribution in [2.45, 2.75) is 21.8 Å². The van der Waals surface area contributed by atoms with E-state index in [1.54, 1.807) is 12.1 Å². The van der Waals surface area contributed by atoms with Crippen LogP contribution in [-0.4, -0.2) is 67.0 Å². The number of carbonyl (C=O) groups excluding carboxylic acids is 1. The quantitative estimate of drug-likeness (QED) is 0.669. The summed E-state index contributed by atoms with van der Waals surface area (Å²) in [7, 11) is -3.61. The van der Waals surface area contributed by atoms with Crippen LogP contribution < -0.4 is 0 Å². The van der Waals surface area contributed by atoms with Gasteiger partial charge in [0.05, 0.1) is 24.7 Å². The number of benzene rings is 1. The lowest BCUT2D eigenvalue weighted by Gasteiger charge is -2.26. The first kappa shape index (κ1) is 18.4. The summed E-state index contributed by atoms with van der Waals surface area (Å²) >= 11 is 1.15. The maximum Gasteiger partial charge on any atom is 0.319 e. The molecule has 0 saturated carbocycles. The summed E-state index contributed by atoms with van der Waals surface area (Å²) in [5.74, 6) is -0.0961. The summed E-state index contributed by atoms with van der Waals surface area (Å²) < 4.78 is 42.7. The molecule has 0 N–H and O–H groups in total. The van der Waals surface area contributed by atoms with Crippen LogP contribution in [0, 0.1) is 0 Å². The first-order valence-corrected chi connectivity index (χ1v) is 10.7. The van der Waals surface area contributed by atoms with Crippen LogP contribution in [0.4, 0.5) is 0 Å². The van der Waals surface area contributed by atoms with Crippen LogP contribution in [0.25, 0.3) is 11.5 Å². The maximum atomic E-state index is 12.8. The lowest BCUT2D eigenvalue weighted by Crippen LogP contribution is -2.40. The van der Waals surface area contributed by atoms with E-state index < -0.39 is 10.0 Å². The van der Waals surface area contributed by atoms with Crippen molar-refractivity contribution >= 4 is 27.8 Å². The fraction of sp³-hybridized carbons (Fsp3) is 0.438. The van der Waals surface area contributed by atoms with Gasteiger partial charge in [0.25, 0.3) is 5.22 Å². The first-order chi connectivity index (χ1) is 13.0. The summed E-state index contributed by atoms with van der Waals surface area (Å²) in [5, 5.41) is 7.80. The summed E-state index contributed by atoms with van der Waals surface area (Å²) in [6, 6.07) is 6.38. The van der Waals surface area contributed by atoms with Gasteiger partial charge in [-0.3, -0.25) is 4.79 Å². The Morgan fingerprint density at radius 3 is 2.70 bits per heavy atom. The largest absolute Gasteiger partial charge is 0.465 e. The molecule has 2 fully saturated rings. The molecule has 2 aromatic rings. The molecule has 1 atom stereocenters. The summed E-state index contributed by atoms with van der Waals surface area (Å²) in [6.45, 7) is 1.80. The van der Waals surface area contributed by atoms with Gasteiger partial charge in [0.1, 0.15) is 5.25 Å². The molecule has 0 spiro atoms. The molecule has 27 heavy (non-hydrogen) atoms. The third-order valence-corrected chi connectivity index (χ3v) is 7.20. The standard InChI is InChI=1S/C16H17N3O6S2/c20-15-13(4-7-24-15)26-16-18-17-14(25-16)11-2-1-3-12(10-11)27(21,22)19-5-8-23-9-6-19/h1-3,10,13H,4-9H2. The van der Waals surface area contributed by atoms with E-state index in [1.807, 2.05) is 0 Å². The molecular weight excluding hydrogens is 394 g/mol. The Morgan fingerprint density at radius 2 is 1.96 bits per heavy atom. The second kappa shape index (κ2) is 7.58. The molecule has 9 nitrogen and oxygen atoms in total. The predicted octanol–water partition coefficient (Wildman–Crippen LogP) is 1.17. The Kier molecular flexibility index (Phi) is 5.17. The Hall–Kier alpha value is -1.95. The zero-order valence-corrected chi connectivity index (χ0v) is 15.9. The van der Waals surface area contributed by atoms with Gasteiger partial charge >= 0.3 is 5.97 Å². The van der Waals surface area contributed by atoms with Crippen molar-refractivity contribution in [3.05, 3.63) is 24.3 Å². The molecule has 4 rings (SSSR count). The van der Waals surface area contributed by atoms with Gasteiger partial charge in [0, 0.05) is 25.1 Å². The average Bonchev–Trinajstić information content (AvgIpc) is 3.32. The molecule has 1 unspecified atom stereocenters. The van der Waals surface area contributed by atoms with Crippen LogP contribution in [0.1, 0.15) is 6.42 Å². The van der Waals surface area contributed by atoms with Crippen LogP contribution in [0.5, 0.6) is 0 Å². The van der Waals surface area contributed by atoms with E-state index in [9.17, 15) is 13.2 Å². The Labute approximate surface area is 160 Å². The zero-order chi connectivity index (χ0) is 18.9. The molecule has 0 amide bonds. The van der Waals surface area contributed by atoms with Crippen molar-refractivity contribution in [3.8, 4) is 11.5 Å². The minimum atomic E-state index is -3.61. The van der Waals surface area contributed by atoms with Crippen molar-refractivity contribution in [1.82, 2.24) is 14.5 Å². The SMILES string of the molecule is O=C1OCCC1Sc1nnc(-c2cccc(S(=O)(=O)N3CCOCC3)c2)o1. The van der Waals surface area contributed by atoms with Gasteiger partial charge in [-0.25, -0.2) is 8.42 Å². The highest BCUT2D eigenvalue weighted by Gasteiger charge is 2.30. The first-order valence-electron chi connectivity index (χ1n) is 8.39. The van der Waals surface area contributed by atoms with Gasteiger partial charge in [-0.15, -0.1) is 10.2 Å². The minimum Gasteiger partial charge on any atom is -0.465 e. The number of ether oxygens (including phenoxy) is 2. The summed E-state index contributed by atoms with van der Waals surface area (Å²) in [4.78, 5) is 11.7. The molecule has 1 aromatic carbocycles. The number of aromatic nitrogens is 2. The van der Waals surface area contributed by atoms with Gasteiger partial charge in [-0.2, -0.15) is 4.31 Å². The van der Waals surface area contributed by atoms with Crippen molar-refractivity contribution in [1.29, 1.82) is 0 Å². The van der Waals surface area contributed by atoms with Crippen LogP contribution in [-0.2, 0) is 24.3 Å². The van der Waals surface area contributed by atoms with E-state index in [1.165, 1.54) is 16.4 Å². The van der Waals surface area contributed by atoms with Gasteiger partial charge in [-0.1, -0.05) is 6.07 Å². The molecule has 11 heteroatoms. The van der Waals surface area contributed by atoms with Crippen LogP contribution in [0.3, 0.4) is 0 Å². The molecule has 0 radical (unpaired) electrons. The summed E-state index contributed by atoms with van der Waals surface area (Å²) in [5.41, 5.74) is 0.498. The van der Waals surface area contributed by atoms with Crippen molar-refractivity contribution in [2.75, 3.05) is 32.9 Å². The number of thioether (sulfide) groups is 1. The molecule has 2 saturated heterocycles. The van der Waals surface area contributed by atoms with Crippen LogP contribution in [0.2, 0.25) is 0 Å². The van der Waals surface area contributed by atoms with Crippen molar-refractivity contribution in [3.63, 3.8) is 0 Å². The highest BCUT2D eigenvalue weighted by atomic mass is 32.2. The lowest BCUT2D eigenvalue weighted by atomic mass is 10.2. The molecule has 144 valence electrons. The number of hydrogen-bond acceptors (Lipinski definition) is 9. The van der Waals surface area contributed by atoms with Gasteiger partial charge < -0.3 is 13.9 Å². The van der Waals surface area contributed by atoms with Gasteiger partial charge in [0.2, 0.25) is 15.9 Å². The Balaban J connectivity index is 1.55. The fourth-order valence-electron chi connectivity index (χ4n) is 2.81. The van der Waals surface area contributed by atoms with E-state index >= 15 is 0 Å². The fourth-order valence-corrected chi connectivity index (χ4v) is 5.10. The molecule has 2 aliphatic rings.